The normalized spacial score (nSPS) is 15.5. The number of halogens is 1. The molecule has 2 aromatic rings. The number of rotatable bonds is 6. The quantitative estimate of drug-likeness (QED) is 0.384. The van der Waals surface area contributed by atoms with Gasteiger partial charge in [-0.3, -0.25) is 9.69 Å². The minimum absolute atomic E-state index is 0.129. The van der Waals surface area contributed by atoms with Crippen LogP contribution in [0, 0.1) is 12.7 Å². The Bertz CT molecular complexity index is 922. The molecule has 0 atom stereocenters. The Balaban J connectivity index is 1.84. The summed E-state index contributed by atoms with van der Waals surface area (Å²) in [5.74, 6) is 0.242. The summed E-state index contributed by atoms with van der Waals surface area (Å²) in [5.41, 5.74) is 2.72. The van der Waals surface area contributed by atoms with E-state index in [9.17, 15) is 9.18 Å². The third kappa shape index (κ3) is 4.64. The van der Waals surface area contributed by atoms with Crippen molar-refractivity contribution >= 4 is 40.3 Å². The Kier molecular flexibility index (Phi) is 6.08. The average Bonchev–Trinajstić information content (AvgIpc) is 2.90. The largest absolute Gasteiger partial charge is 0.488 e. The molecule has 0 N–H and O–H groups in total. The van der Waals surface area contributed by atoms with Gasteiger partial charge in [0.2, 0.25) is 0 Å². The molecule has 0 bridgehead atoms. The first-order valence-electron chi connectivity index (χ1n) is 8.32. The molecule has 0 aliphatic carbocycles. The Morgan fingerprint density at radius 3 is 2.70 bits per heavy atom. The lowest BCUT2D eigenvalue weighted by molar-refractivity contribution is -0.121. The van der Waals surface area contributed by atoms with E-state index < -0.39 is 0 Å². The Hall–Kier alpha value is -2.44. The summed E-state index contributed by atoms with van der Waals surface area (Å²) in [6.45, 7) is 6.34. The van der Waals surface area contributed by atoms with Crippen molar-refractivity contribution < 1.29 is 13.9 Å². The summed E-state index contributed by atoms with van der Waals surface area (Å²) in [7, 11) is 0. The van der Waals surface area contributed by atoms with Gasteiger partial charge in [-0.15, -0.1) is 6.58 Å². The third-order valence-corrected chi connectivity index (χ3v) is 5.32. The molecule has 27 heavy (non-hydrogen) atoms. The number of nitrogens with zero attached hydrogens (tertiary/aromatic N) is 1. The molecule has 0 spiro atoms. The summed E-state index contributed by atoms with van der Waals surface area (Å²) >= 11 is 6.55. The molecule has 3 rings (SSSR count). The van der Waals surface area contributed by atoms with Crippen molar-refractivity contribution in [3.05, 3.63) is 82.5 Å². The number of thiocarbonyl (C=S) groups is 1. The minimum Gasteiger partial charge on any atom is -0.488 e. The maximum Gasteiger partial charge on any atom is 0.266 e. The second-order valence-corrected chi connectivity index (χ2v) is 7.71. The lowest BCUT2D eigenvalue weighted by Crippen LogP contribution is -2.27. The molecule has 3 nitrogen and oxygen atoms in total. The van der Waals surface area contributed by atoms with Crippen LogP contribution in [0.1, 0.15) is 16.7 Å². The molecular formula is C21H18FNO2S2. The molecule has 6 heteroatoms. The molecule has 1 amide bonds. The van der Waals surface area contributed by atoms with E-state index in [-0.39, 0.29) is 11.7 Å². The monoisotopic (exact) mass is 399 g/mol. The SMILES string of the molecule is C=CCN1C(=O)/C(=C\c2cc(C)ccc2OCc2ccc(F)cc2)SC1=S. The number of hydrogen-bond donors (Lipinski definition) is 0. The van der Waals surface area contributed by atoms with Crippen molar-refractivity contribution in [2.45, 2.75) is 13.5 Å². The fraction of sp³-hybridized carbons (Fsp3) is 0.143. The molecule has 1 saturated heterocycles. The van der Waals surface area contributed by atoms with Crippen LogP contribution in [0.4, 0.5) is 4.39 Å². The number of amides is 1. The van der Waals surface area contributed by atoms with Gasteiger partial charge < -0.3 is 4.74 Å². The van der Waals surface area contributed by atoms with Crippen molar-refractivity contribution in [3.8, 4) is 5.75 Å². The van der Waals surface area contributed by atoms with Gasteiger partial charge in [-0.2, -0.15) is 0 Å². The van der Waals surface area contributed by atoms with E-state index in [1.54, 1.807) is 24.3 Å². The molecule has 1 fully saturated rings. The number of carbonyl (C=O) groups excluding carboxylic acids is 1. The van der Waals surface area contributed by atoms with Gasteiger partial charge >= 0.3 is 0 Å². The van der Waals surface area contributed by atoms with E-state index in [0.29, 0.717) is 28.1 Å². The molecule has 138 valence electrons. The van der Waals surface area contributed by atoms with Crippen molar-refractivity contribution in [1.29, 1.82) is 0 Å². The molecule has 1 heterocycles. The standard InChI is InChI=1S/C21H18FNO2S2/c1-3-10-23-20(24)19(27-21(23)26)12-16-11-14(2)4-9-18(16)25-13-15-5-7-17(22)8-6-15/h3-9,11-12H,1,10,13H2,2H3/b19-12+. The number of thioether (sulfide) groups is 1. The van der Waals surface area contributed by atoms with Gasteiger partial charge in [0.15, 0.2) is 0 Å². The van der Waals surface area contributed by atoms with Gasteiger partial charge in [0.25, 0.3) is 5.91 Å². The fourth-order valence-corrected chi connectivity index (χ4v) is 3.85. The molecule has 1 aliphatic rings. The van der Waals surface area contributed by atoms with E-state index in [1.807, 2.05) is 25.1 Å². The van der Waals surface area contributed by atoms with Crippen LogP contribution in [0.15, 0.2) is 60.0 Å². The minimum atomic E-state index is -0.281. The van der Waals surface area contributed by atoms with Crippen LogP contribution in [0.5, 0.6) is 5.75 Å². The first-order valence-corrected chi connectivity index (χ1v) is 9.54. The van der Waals surface area contributed by atoms with Gasteiger partial charge in [0.05, 0.1) is 4.91 Å². The molecule has 1 aliphatic heterocycles. The topological polar surface area (TPSA) is 29.5 Å². The van der Waals surface area contributed by atoms with Crippen molar-refractivity contribution in [1.82, 2.24) is 4.90 Å². The first-order chi connectivity index (χ1) is 13.0. The number of carbonyl (C=O) groups is 1. The zero-order valence-electron chi connectivity index (χ0n) is 14.8. The van der Waals surface area contributed by atoms with Crippen molar-refractivity contribution in [3.63, 3.8) is 0 Å². The van der Waals surface area contributed by atoms with Crippen LogP contribution in [0.2, 0.25) is 0 Å². The maximum absolute atomic E-state index is 13.0. The highest BCUT2D eigenvalue weighted by Gasteiger charge is 2.31. The van der Waals surface area contributed by atoms with E-state index in [1.165, 1.54) is 28.8 Å². The van der Waals surface area contributed by atoms with Gasteiger partial charge in [0, 0.05) is 12.1 Å². The van der Waals surface area contributed by atoms with Gasteiger partial charge in [-0.05, 0) is 42.8 Å². The van der Waals surface area contributed by atoms with Crippen LogP contribution in [-0.2, 0) is 11.4 Å². The second kappa shape index (κ2) is 8.50. The zero-order chi connectivity index (χ0) is 19.4. The lowest BCUT2D eigenvalue weighted by Gasteiger charge is -2.11. The van der Waals surface area contributed by atoms with Gasteiger partial charge in [0.1, 0.15) is 22.5 Å². The summed E-state index contributed by atoms with van der Waals surface area (Å²) in [5, 5.41) is 0. The van der Waals surface area contributed by atoms with Crippen LogP contribution in [0.25, 0.3) is 6.08 Å². The number of ether oxygens (including phenoxy) is 1. The van der Waals surface area contributed by atoms with E-state index >= 15 is 0 Å². The molecule has 0 unspecified atom stereocenters. The number of aryl methyl sites for hydroxylation is 1. The van der Waals surface area contributed by atoms with Crippen LogP contribution >= 0.6 is 24.0 Å². The third-order valence-electron chi connectivity index (χ3n) is 3.94. The van der Waals surface area contributed by atoms with Crippen LogP contribution in [-0.4, -0.2) is 21.7 Å². The molecular weight excluding hydrogens is 381 g/mol. The average molecular weight is 400 g/mol. The van der Waals surface area contributed by atoms with E-state index in [4.69, 9.17) is 17.0 Å². The first kappa shape index (κ1) is 19.3. The Labute approximate surface area is 167 Å². The van der Waals surface area contributed by atoms with E-state index in [2.05, 4.69) is 6.58 Å². The Morgan fingerprint density at radius 1 is 1.26 bits per heavy atom. The Morgan fingerprint density at radius 2 is 2.00 bits per heavy atom. The second-order valence-electron chi connectivity index (χ2n) is 6.04. The summed E-state index contributed by atoms with van der Waals surface area (Å²) < 4.78 is 19.5. The van der Waals surface area contributed by atoms with E-state index in [0.717, 1.165) is 16.7 Å². The summed E-state index contributed by atoms with van der Waals surface area (Å²) in [4.78, 5) is 14.6. The summed E-state index contributed by atoms with van der Waals surface area (Å²) in [6, 6.07) is 11.9. The highest BCUT2D eigenvalue weighted by molar-refractivity contribution is 8.26. The van der Waals surface area contributed by atoms with Gasteiger partial charge in [-0.25, -0.2) is 4.39 Å². The number of benzene rings is 2. The molecule has 0 saturated carbocycles. The highest BCUT2D eigenvalue weighted by Crippen LogP contribution is 2.34. The predicted octanol–water partition coefficient (Wildman–Crippen LogP) is 5.10. The zero-order valence-corrected chi connectivity index (χ0v) is 16.4. The van der Waals surface area contributed by atoms with Gasteiger partial charge in [-0.1, -0.05) is 53.8 Å². The summed E-state index contributed by atoms with van der Waals surface area (Å²) in [6.07, 6.45) is 3.45. The molecule has 0 radical (unpaired) electrons. The smallest absolute Gasteiger partial charge is 0.266 e. The molecule has 0 aromatic heterocycles. The van der Waals surface area contributed by atoms with Crippen LogP contribution in [0.3, 0.4) is 0 Å². The molecule has 2 aromatic carbocycles. The van der Waals surface area contributed by atoms with Crippen molar-refractivity contribution in [2.24, 2.45) is 0 Å². The predicted molar refractivity (Wildman–Crippen MR) is 112 cm³/mol. The maximum atomic E-state index is 13.0. The highest BCUT2D eigenvalue weighted by atomic mass is 32.2. The fourth-order valence-electron chi connectivity index (χ4n) is 2.58. The number of hydrogen-bond acceptors (Lipinski definition) is 4. The van der Waals surface area contributed by atoms with Crippen LogP contribution < -0.4 is 4.74 Å². The lowest BCUT2D eigenvalue weighted by atomic mass is 10.1. The van der Waals surface area contributed by atoms with Crippen molar-refractivity contribution in [2.75, 3.05) is 6.54 Å².